The van der Waals surface area contributed by atoms with Gasteiger partial charge in [-0.05, 0) is 67.0 Å². The van der Waals surface area contributed by atoms with Gasteiger partial charge in [0.15, 0.2) is 0 Å². The van der Waals surface area contributed by atoms with Gasteiger partial charge in [0.1, 0.15) is 18.5 Å². The predicted octanol–water partition coefficient (Wildman–Crippen LogP) is 4.07. The van der Waals surface area contributed by atoms with E-state index in [1.807, 2.05) is 26.0 Å². The van der Waals surface area contributed by atoms with Crippen LogP contribution in [0.15, 0.2) is 22.7 Å². The number of thiophene rings is 1. The van der Waals surface area contributed by atoms with Gasteiger partial charge in [0.2, 0.25) is 11.7 Å². The zero-order chi connectivity index (χ0) is 25.7. The molecule has 2 aromatic heterocycles. The molecule has 2 atom stereocenters. The normalized spacial score (nSPS) is 13.3. The Bertz CT molecular complexity index is 1130. The van der Waals surface area contributed by atoms with Gasteiger partial charge in [-0.25, -0.2) is 0 Å². The maximum Gasteiger partial charge on any atom is 0.268 e. The molecule has 1 aromatic carbocycles. The van der Waals surface area contributed by atoms with Crippen LogP contribution < -0.4 is 10.5 Å². The third kappa shape index (κ3) is 6.68. The van der Waals surface area contributed by atoms with Gasteiger partial charge in [-0.2, -0.15) is 4.98 Å². The van der Waals surface area contributed by atoms with Gasteiger partial charge in [-0.1, -0.05) is 32.9 Å². The first-order valence-corrected chi connectivity index (χ1v) is 12.8. The van der Waals surface area contributed by atoms with Crippen molar-refractivity contribution in [2.75, 3.05) is 6.61 Å². The number of carbonyl (C=O) groups is 1. The molecule has 3 aromatic rings. The zero-order valence-electron chi connectivity index (χ0n) is 21.0. The second-order valence-corrected chi connectivity index (χ2v) is 10.4. The van der Waals surface area contributed by atoms with Crippen molar-refractivity contribution >= 4 is 17.2 Å². The number of nitrogens with two attached hydrogens (primary N) is 1. The van der Waals surface area contributed by atoms with Gasteiger partial charge < -0.3 is 25.2 Å². The number of hydrogen-bond acceptors (Lipinski definition) is 8. The number of aromatic nitrogens is 2. The molecule has 2 heterocycles. The van der Waals surface area contributed by atoms with Gasteiger partial charge in [-0.15, -0.1) is 11.3 Å². The lowest BCUT2D eigenvalue weighted by molar-refractivity contribution is -0.127. The highest BCUT2D eigenvalue weighted by Gasteiger charge is 2.20. The molecule has 0 bridgehead atoms. The molecule has 0 spiro atoms. The van der Waals surface area contributed by atoms with Crippen LogP contribution >= 0.6 is 11.3 Å². The van der Waals surface area contributed by atoms with Gasteiger partial charge in [-0.3, -0.25) is 4.79 Å². The fourth-order valence-corrected chi connectivity index (χ4v) is 4.90. The standard InChI is InChI=1S/C26H35N3O5S/c1-6-16-9-19(10-17(7-2)23(16)33-13-20(30)12-21(31)24(27)32)25-28-26(34-29-25)22-11-18(8-14(3)4)15(5)35-22/h9-11,14,20-21,30-31H,6-8,12-13H2,1-5H3,(H2,27,32)/t20-,21?/m0/s1. The molecule has 1 unspecified atom stereocenters. The van der Waals surface area contributed by atoms with Crippen molar-refractivity contribution in [3.63, 3.8) is 0 Å². The molecule has 4 N–H and O–H groups in total. The Kier molecular flexibility index (Phi) is 9.04. The summed E-state index contributed by atoms with van der Waals surface area (Å²) in [7, 11) is 0. The van der Waals surface area contributed by atoms with E-state index in [0.717, 1.165) is 28.0 Å². The number of amides is 1. The largest absolute Gasteiger partial charge is 0.490 e. The Morgan fingerprint density at radius 3 is 2.37 bits per heavy atom. The Morgan fingerprint density at radius 2 is 1.80 bits per heavy atom. The van der Waals surface area contributed by atoms with E-state index in [-0.39, 0.29) is 13.0 Å². The van der Waals surface area contributed by atoms with Crippen LogP contribution in [-0.2, 0) is 24.1 Å². The lowest BCUT2D eigenvalue weighted by Crippen LogP contribution is -2.33. The minimum absolute atomic E-state index is 0.0630. The number of primary amides is 1. The van der Waals surface area contributed by atoms with E-state index in [1.165, 1.54) is 10.4 Å². The summed E-state index contributed by atoms with van der Waals surface area (Å²) in [5.74, 6) is 1.41. The molecule has 0 aliphatic heterocycles. The summed E-state index contributed by atoms with van der Waals surface area (Å²) in [5.41, 5.74) is 9.10. The maximum absolute atomic E-state index is 11.0. The second-order valence-electron chi connectivity index (χ2n) is 9.16. The molecular weight excluding hydrogens is 466 g/mol. The van der Waals surface area contributed by atoms with Gasteiger partial charge >= 0.3 is 0 Å². The lowest BCUT2D eigenvalue weighted by Gasteiger charge is -2.19. The van der Waals surface area contributed by atoms with Crippen LogP contribution in [0.3, 0.4) is 0 Å². The molecule has 3 rings (SSSR count). The number of hydrogen-bond donors (Lipinski definition) is 3. The average molecular weight is 502 g/mol. The van der Waals surface area contributed by atoms with E-state index in [1.54, 1.807) is 11.3 Å². The molecule has 1 amide bonds. The van der Waals surface area contributed by atoms with Crippen molar-refractivity contribution in [2.45, 2.75) is 72.5 Å². The van der Waals surface area contributed by atoms with Crippen molar-refractivity contribution in [3.8, 4) is 27.9 Å². The van der Waals surface area contributed by atoms with Crippen LogP contribution in [0.5, 0.6) is 5.75 Å². The highest BCUT2D eigenvalue weighted by molar-refractivity contribution is 7.15. The van der Waals surface area contributed by atoms with Gasteiger partial charge in [0.25, 0.3) is 5.89 Å². The van der Waals surface area contributed by atoms with E-state index in [9.17, 15) is 15.0 Å². The number of rotatable bonds is 12. The first-order valence-electron chi connectivity index (χ1n) is 12.0. The van der Waals surface area contributed by atoms with Crippen molar-refractivity contribution in [1.29, 1.82) is 0 Å². The molecule has 9 heteroatoms. The molecule has 0 aliphatic carbocycles. The van der Waals surface area contributed by atoms with Crippen molar-refractivity contribution in [1.82, 2.24) is 10.1 Å². The minimum atomic E-state index is -1.41. The number of carbonyl (C=O) groups excluding carboxylic acids is 1. The Hall–Kier alpha value is -2.75. The van der Waals surface area contributed by atoms with E-state index < -0.39 is 18.1 Å². The third-order valence-corrected chi connectivity index (χ3v) is 6.87. The topological polar surface area (TPSA) is 132 Å². The number of aliphatic hydroxyl groups excluding tert-OH is 2. The summed E-state index contributed by atoms with van der Waals surface area (Å²) in [4.78, 5) is 17.9. The number of benzene rings is 1. The van der Waals surface area contributed by atoms with Gasteiger partial charge in [0.05, 0.1) is 11.0 Å². The summed E-state index contributed by atoms with van der Waals surface area (Å²) in [6.07, 6.45) is -0.203. The van der Waals surface area contributed by atoms with Crippen LogP contribution in [0.2, 0.25) is 0 Å². The van der Waals surface area contributed by atoms with Crippen LogP contribution in [0.25, 0.3) is 22.2 Å². The molecule has 190 valence electrons. The van der Waals surface area contributed by atoms with Crippen LogP contribution in [-0.4, -0.2) is 45.1 Å². The fourth-order valence-electron chi connectivity index (χ4n) is 3.92. The third-order valence-electron chi connectivity index (χ3n) is 5.79. The lowest BCUT2D eigenvalue weighted by atomic mass is 10.00. The SMILES string of the molecule is CCc1cc(-c2noc(-c3cc(CC(C)C)c(C)s3)n2)cc(CC)c1OC[C@@H](O)CC(O)C(N)=O. The fraction of sp³-hybridized carbons (Fsp3) is 0.500. The summed E-state index contributed by atoms with van der Waals surface area (Å²) >= 11 is 1.66. The summed E-state index contributed by atoms with van der Waals surface area (Å²) in [6.45, 7) is 10.5. The highest BCUT2D eigenvalue weighted by Crippen LogP contribution is 2.35. The van der Waals surface area contributed by atoms with Crippen molar-refractivity contribution in [2.24, 2.45) is 11.7 Å². The summed E-state index contributed by atoms with van der Waals surface area (Å²) < 4.78 is 11.5. The molecule has 35 heavy (non-hydrogen) atoms. The minimum Gasteiger partial charge on any atom is -0.490 e. The van der Waals surface area contributed by atoms with Crippen LogP contribution in [0.4, 0.5) is 0 Å². The molecular formula is C26H35N3O5S. The molecule has 8 nitrogen and oxygen atoms in total. The molecule has 0 saturated carbocycles. The summed E-state index contributed by atoms with van der Waals surface area (Å²) in [6, 6.07) is 6.08. The highest BCUT2D eigenvalue weighted by atomic mass is 32.1. The van der Waals surface area contributed by atoms with E-state index in [4.69, 9.17) is 15.0 Å². The number of aliphatic hydroxyl groups is 2. The first kappa shape index (κ1) is 26.8. The summed E-state index contributed by atoms with van der Waals surface area (Å²) in [5, 5.41) is 24.0. The van der Waals surface area contributed by atoms with Crippen LogP contribution in [0.1, 0.15) is 55.7 Å². The zero-order valence-corrected chi connectivity index (χ0v) is 21.8. The predicted molar refractivity (Wildman–Crippen MR) is 136 cm³/mol. The smallest absolute Gasteiger partial charge is 0.268 e. The molecule has 0 saturated heterocycles. The van der Waals surface area contributed by atoms with Gasteiger partial charge in [0, 0.05) is 16.9 Å². The van der Waals surface area contributed by atoms with E-state index >= 15 is 0 Å². The number of ether oxygens (including phenoxy) is 1. The Morgan fingerprint density at radius 1 is 1.14 bits per heavy atom. The van der Waals surface area contributed by atoms with Crippen molar-refractivity contribution < 1.29 is 24.3 Å². The number of aryl methyl sites for hydroxylation is 3. The monoisotopic (exact) mass is 501 g/mol. The first-order chi connectivity index (χ1) is 16.6. The van der Waals surface area contributed by atoms with Crippen molar-refractivity contribution in [3.05, 3.63) is 39.8 Å². The molecule has 0 fully saturated rings. The molecule has 0 aliphatic rings. The number of nitrogens with zero attached hydrogens (tertiary/aromatic N) is 2. The van der Waals surface area contributed by atoms with E-state index in [2.05, 4.69) is 37.0 Å². The van der Waals surface area contributed by atoms with Crippen LogP contribution in [0, 0.1) is 12.8 Å². The maximum atomic E-state index is 11.0. The molecule has 0 radical (unpaired) electrons. The Balaban J connectivity index is 1.83. The van der Waals surface area contributed by atoms with E-state index in [0.29, 0.717) is 36.2 Å². The second kappa shape index (κ2) is 11.8. The quantitative estimate of drug-likeness (QED) is 0.341. The average Bonchev–Trinajstić information content (AvgIpc) is 3.43. The Labute approximate surface area is 210 Å².